The molecule has 0 spiro atoms. The van der Waals surface area contributed by atoms with Crippen molar-refractivity contribution in [3.63, 3.8) is 0 Å². The van der Waals surface area contributed by atoms with Gasteiger partial charge >= 0.3 is 167 Å². The minimum absolute atomic E-state index is 0.0484. The Bertz CT molecular complexity index is 736. The van der Waals surface area contributed by atoms with Gasteiger partial charge in [0, 0.05) is 0 Å². The molecule has 4 rings (SSSR count). The van der Waals surface area contributed by atoms with Crippen molar-refractivity contribution in [3.8, 4) is 0 Å². The third kappa shape index (κ3) is 2.53. The summed E-state index contributed by atoms with van der Waals surface area (Å²) in [5.74, 6) is 2.40. The zero-order valence-corrected chi connectivity index (χ0v) is 21.6. The predicted molar refractivity (Wildman–Crippen MR) is 95.5 cm³/mol. The van der Waals surface area contributed by atoms with Crippen LogP contribution < -0.4 is 0 Å². The van der Waals surface area contributed by atoms with E-state index in [0.717, 1.165) is 28.8 Å². The molecule has 4 heteroatoms. The third-order valence-electron chi connectivity index (χ3n) is 7.93. The Kier molecular flexibility index (Phi) is 4.47. The van der Waals surface area contributed by atoms with Gasteiger partial charge in [-0.3, -0.25) is 0 Å². The Morgan fingerprint density at radius 2 is 2.00 bits per heavy atom. The Labute approximate surface area is 166 Å². The van der Waals surface area contributed by atoms with E-state index in [1.165, 1.54) is 5.57 Å². The molecular formula is C21H25ClHgO2. The van der Waals surface area contributed by atoms with Crippen molar-refractivity contribution in [3.05, 3.63) is 33.0 Å². The van der Waals surface area contributed by atoms with Crippen LogP contribution in [0.1, 0.15) is 46.5 Å². The van der Waals surface area contributed by atoms with Gasteiger partial charge < -0.3 is 0 Å². The Balaban J connectivity index is 1.75. The van der Waals surface area contributed by atoms with Crippen molar-refractivity contribution in [1.82, 2.24) is 0 Å². The zero-order valence-electron chi connectivity index (χ0n) is 15.3. The van der Waals surface area contributed by atoms with Gasteiger partial charge in [0.05, 0.1) is 0 Å². The number of carbonyl (C=O) groups is 2. The van der Waals surface area contributed by atoms with Crippen molar-refractivity contribution in [2.45, 2.75) is 46.5 Å². The minimum atomic E-state index is -1.73. The first-order valence-electron chi connectivity index (χ1n) is 9.54. The van der Waals surface area contributed by atoms with E-state index >= 15 is 0 Å². The van der Waals surface area contributed by atoms with Gasteiger partial charge in [-0.25, -0.2) is 0 Å². The Morgan fingerprint density at radius 1 is 1.24 bits per heavy atom. The number of hydrogen-bond acceptors (Lipinski definition) is 2. The van der Waals surface area contributed by atoms with Crippen LogP contribution in [0.25, 0.3) is 0 Å². The topological polar surface area (TPSA) is 34.1 Å². The first-order valence-corrected chi connectivity index (χ1v) is 19.1. The molecule has 6 atom stereocenters. The maximum absolute atomic E-state index is 12.3. The monoisotopic (exact) mass is 546 g/mol. The van der Waals surface area contributed by atoms with Gasteiger partial charge in [0.2, 0.25) is 0 Å². The predicted octanol–water partition coefficient (Wildman–Crippen LogP) is 4.84. The molecule has 130 valence electrons. The summed E-state index contributed by atoms with van der Waals surface area (Å²) in [4.78, 5) is 24.5. The molecule has 0 radical (unpaired) electrons. The maximum atomic E-state index is 12.3. The van der Waals surface area contributed by atoms with Crippen molar-refractivity contribution in [2.75, 3.05) is 0 Å². The number of fused-ring (bicyclic) bond motifs is 5. The normalized spacial score (nSPS) is 44.9. The van der Waals surface area contributed by atoms with Crippen molar-refractivity contribution in [2.24, 2.45) is 34.5 Å². The van der Waals surface area contributed by atoms with Crippen molar-refractivity contribution < 1.29 is 32.9 Å². The van der Waals surface area contributed by atoms with Gasteiger partial charge in [0.15, 0.2) is 0 Å². The van der Waals surface area contributed by atoms with E-state index in [4.69, 9.17) is 8.25 Å². The van der Waals surface area contributed by atoms with Gasteiger partial charge in [0.25, 0.3) is 0 Å². The summed E-state index contributed by atoms with van der Waals surface area (Å²) >= 11 is -1.73. The molecule has 0 bridgehead atoms. The van der Waals surface area contributed by atoms with E-state index in [-0.39, 0.29) is 22.5 Å². The van der Waals surface area contributed by atoms with Gasteiger partial charge in [-0.05, 0) is 0 Å². The molecule has 0 aromatic carbocycles. The third-order valence-corrected chi connectivity index (χ3v) is 13.7. The van der Waals surface area contributed by atoms with Crippen LogP contribution in [0.4, 0.5) is 0 Å². The molecule has 3 unspecified atom stereocenters. The molecule has 0 aliphatic heterocycles. The van der Waals surface area contributed by atoms with Crippen LogP contribution in [0.5, 0.6) is 0 Å². The fraction of sp³-hybridized carbons (Fsp3) is 0.619. The number of Topliss-reactive ketones (excluding diaryl/α,β-unsaturated/α-hetero) is 1. The number of hydrogen-bond donors (Lipinski definition) is 0. The van der Waals surface area contributed by atoms with Crippen LogP contribution >= 0.6 is 8.25 Å². The van der Waals surface area contributed by atoms with Crippen molar-refractivity contribution in [1.29, 1.82) is 0 Å². The number of carbonyl (C=O) groups excluding carboxylic acids is 2. The Morgan fingerprint density at radius 3 is 2.68 bits per heavy atom. The molecule has 25 heavy (non-hydrogen) atoms. The first kappa shape index (κ1) is 18.2. The SMILES string of the molecule is CC(=O)[C@H]1CCC2C3C=CC4=CC(=O)[C]([Hg][Cl])=C[C@]4(C)C3CC[C@@]21C. The number of halogens is 1. The van der Waals surface area contributed by atoms with Gasteiger partial charge in [-0.15, -0.1) is 0 Å². The zero-order chi connectivity index (χ0) is 18.0. The van der Waals surface area contributed by atoms with Gasteiger partial charge in [-0.1, -0.05) is 0 Å². The molecule has 2 saturated carbocycles. The molecule has 0 saturated heterocycles. The summed E-state index contributed by atoms with van der Waals surface area (Å²) in [6, 6.07) is 0. The molecule has 0 aromatic heterocycles. The second kappa shape index (κ2) is 6.16. The first-order chi connectivity index (χ1) is 11.8. The summed E-state index contributed by atoms with van der Waals surface area (Å²) in [7, 11) is 6.26. The van der Waals surface area contributed by atoms with Gasteiger partial charge in [0.1, 0.15) is 0 Å². The van der Waals surface area contributed by atoms with Crippen LogP contribution in [-0.4, -0.2) is 11.6 Å². The number of allylic oxidation sites excluding steroid dienone is 6. The quantitative estimate of drug-likeness (QED) is 0.466. The molecular weight excluding hydrogens is 520 g/mol. The molecule has 0 N–H and O–H groups in total. The number of ketones is 2. The van der Waals surface area contributed by atoms with E-state index in [1.807, 2.05) is 6.08 Å². The molecule has 4 aliphatic carbocycles. The van der Waals surface area contributed by atoms with Gasteiger partial charge in [-0.2, -0.15) is 0 Å². The fourth-order valence-corrected chi connectivity index (χ4v) is 11.3. The van der Waals surface area contributed by atoms with E-state index < -0.39 is 23.3 Å². The van der Waals surface area contributed by atoms with E-state index in [0.29, 0.717) is 23.5 Å². The van der Waals surface area contributed by atoms with Crippen LogP contribution in [0.2, 0.25) is 0 Å². The van der Waals surface area contributed by atoms with E-state index in [2.05, 4.69) is 32.1 Å². The second-order valence-electron chi connectivity index (χ2n) is 8.98. The number of rotatable bonds is 2. The average molecular weight is 545 g/mol. The van der Waals surface area contributed by atoms with Crippen LogP contribution in [0.15, 0.2) is 33.0 Å². The standard InChI is InChI=1S/C21H25O2.ClH.Hg/c1-13(22)17-6-7-18-16-5-4-14-12-15(23)8-10-20(14,2)19(16)9-11-21(17,18)3;;/h4-5,10,12,16-19H,6-7,9,11H2,1-3H3;1H;/q;;+1/p-1/t16?,17-,18?,19?,20+,21-;;/m1../s1. The van der Waals surface area contributed by atoms with Crippen LogP contribution in [0.3, 0.4) is 0 Å². The molecule has 0 heterocycles. The van der Waals surface area contributed by atoms with Crippen LogP contribution in [-0.2, 0) is 32.9 Å². The van der Waals surface area contributed by atoms with E-state index in [1.54, 1.807) is 6.92 Å². The Hall–Kier alpha value is -0.215. The molecule has 0 aromatic rings. The van der Waals surface area contributed by atoms with Crippen molar-refractivity contribution >= 4 is 19.8 Å². The molecule has 2 nitrogen and oxygen atoms in total. The average Bonchev–Trinajstić information content (AvgIpc) is 2.92. The molecule has 0 amide bonds. The summed E-state index contributed by atoms with van der Waals surface area (Å²) in [5, 5.41) is 0. The summed E-state index contributed by atoms with van der Waals surface area (Å²) in [6.07, 6.45) is 13.1. The molecule has 2 fully saturated rings. The second-order valence-corrected chi connectivity index (χ2v) is 15.3. The summed E-state index contributed by atoms with van der Waals surface area (Å²) in [5.41, 5.74) is 1.27. The fourth-order valence-electron chi connectivity index (χ4n) is 6.60. The molecule has 4 aliphatic rings. The summed E-state index contributed by atoms with van der Waals surface area (Å²) < 4.78 is 0.961. The summed E-state index contributed by atoms with van der Waals surface area (Å²) in [6.45, 7) is 6.45. The van der Waals surface area contributed by atoms with E-state index in [9.17, 15) is 9.59 Å². The van der Waals surface area contributed by atoms with Crippen LogP contribution in [0, 0.1) is 34.5 Å².